The lowest BCUT2D eigenvalue weighted by Crippen LogP contribution is -2.33. The van der Waals surface area contributed by atoms with Crippen LogP contribution in [0.4, 0.5) is 26.3 Å². The summed E-state index contributed by atoms with van der Waals surface area (Å²) in [7, 11) is -8.98. The SMILES string of the molecule is O=S(=O)(NC1CC1)c1ccc(Cc2nc3c(Cl)c(-c4ccccc4OC(F)(F)F)c(Cl)cc3[nH]2)cc1.O=S(=O)(NC1CC1)c1ccc(Cc2nc3c(Cl)c(Br)c(Cl)cc3[nH]2)cc1.OB(O)c1ccccc1OC(F)(F)F. The van der Waals surface area contributed by atoms with Crippen molar-refractivity contribution >= 4 is 117 Å². The molecule has 2 aliphatic carbocycles. The first kappa shape index (κ1) is 57.1. The van der Waals surface area contributed by atoms with Crippen molar-refractivity contribution in [2.45, 2.75) is 73.1 Å². The molecule has 0 spiro atoms. The van der Waals surface area contributed by atoms with Crippen LogP contribution in [-0.4, -0.2) is 78.7 Å². The molecule has 0 saturated heterocycles. The molecule has 6 aromatic carbocycles. The predicted octanol–water partition coefficient (Wildman–Crippen LogP) is 11.4. The molecular formula is C48H38BBrCl4F6N6O8S2. The lowest BCUT2D eigenvalue weighted by Gasteiger charge is -2.15. The highest BCUT2D eigenvalue weighted by Gasteiger charge is 2.35. The molecule has 0 atom stereocenters. The van der Waals surface area contributed by atoms with E-state index >= 15 is 0 Å². The topological polar surface area (TPSA) is 209 Å². The van der Waals surface area contributed by atoms with Crippen LogP contribution in [-0.2, 0) is 32.9 Å². The molecule has 2 heterocycles. The zero-order valence-corrected chi connectivity index (χ0v) is 44.8. The van der Waals surface area contributed by atoms with Crippen molar-refractivity contribution in [1.82, 2.24) is 29.4 Å². The van der Waals surface area contributed by atoms with Gasteiger partial charge in [0.05, 0.1) is 45.4 Å². The number of imidazole rings is 2. The lowest BCUT2D eigenvalue weighted by molar-refractivity contribution is -0.275. The number of nitrogens with one attached hydrogen (secondary N) is 4. The first-order valence-corrected chi connectivity index (χ1v) is 27.7. The maximum Gasteiger partial charge on any atom is 0.573 e. The molecule has 0 unspecified atom stereocenters. The Hall–Kier alpha value is -5.12. The molecule has 400 valence electrons. The monoisotopic (exact) mass is 1230 g/mol. The summed E-state index contributed by atoms with van der Waals surface area (Å²) in [5.41, 5.74) is 3.89. The quantitative estimate of drug-likeness (QED) is 0.0345. The van der Waals surface area contributed by atoms with Crippen LogP contribution in [0.5, 0.6) is 11.5 Å². The number of sulfonamides is 2. The van der Waals surface area contributed by atoms with Gasteiger partial charge in [-0.1, -0.05) is 107 Å². The molecule has 2 saturated carbocycles. The fraction of sp³-hybridized carbons (Fsp3) is 0.208. The van der Waals surface area contributed by atoms with Gasteiger partial charge in [0, 0.05) is 41.5 Å². The smallest absolute Gasteiger partial charge is 0.423 e. The Kier molecular flexibility index (Phi) is 17.3. The van der Waals surface area contributed by atoms with Crippen molar-refractivity contribution in [3.63, 3.8) is 0 Å². The van der Waals surface area contributed by atoms with Crippen LogP contribution in [0.25, 0.3) is 33.2 Å². The number of ether oxygens (including phenoxy) is 2. The number of aromatic nitrogens is 4. The third-order valence-electron chi connectivity index (χ3n) is 11.2. The number of benzene rings is 6. The van der Waals surface area contributed by atoms with E-state index in [0.29, 0.717) is 49.7 Å². The van der Waals surface area contributed by atoms with E-state index in [0.717, 1.165) is 60.3 Å². The number of fused-ring (bicyclic) bond motifs is 2. The minimum atomic E-state index is -4.89. The second-order valence-corrected chi connectivity index (χ2v) is 22.9. The predicted molar refractivity (Wildman–Crippen MR) is 280 cm³/mol. The number of hydrogen-bond donors (Lipinski definition) is 6. The van der Waals surface area contributed by atoms with E-state index in [1.165, 1.54) is 48.5 Å². The van der Waals surface area contributed by atoms with Crippen LogP contribution in [0.2, 0.25) is 20.1 Å². The number of H-pyrrole nitrogens is 2. The molecule has 0 radical (unpaired) electrons. The highest BCUT2D eigenvalue weighted by molar-refractivity contribution is 9.10. The van der Waals surface area contributed by atoms with Gasteiger partial charge in [0.2, 0.25) is 20.0 Å². The fourth-order valence-electron chi connectivity index (χ4n) is 7.39. The minimum Gasteiger partial charge on any atom is -0.423 e. The zero-order valence-electron chi connectivity index (χ0n) is 38.6. The molecule has 2 fully saturated rings. The number of halogens is 11. The van der Waals surface area contributed by atoms with Gasteiger partial charge in [-0.25, -0.2) is 36.2 Å². The highest BCUT2D eigenvalue weighted by atomic mass is 79.9. The maximum atomic E-state index is 12.9. The van der Waals surface area contributed by atoms with E-state index in [1.807, 2.05) is 0 Å². The first-order chi connectivity index (χ1) is 35.7. The molecule has 0 aliphatic heterocycles. The molecule has 2 aromatic heterocycles. The largest absolute Gasteiger partial charge is 0.573 e. The summed E-state index contributed by atoms with van der Waals surface area (Å²) in [6, 6.07) is 27.0. The van der Waals surface area contributed by atoms with E-state index in [2.05, 4.69) is 54.8 Å². The maximum absolute atomic E-state index is 12.9. The summed E-state index contributed by atoms with van der Waals surface area (Å²) >= 11 is 28.7. The van der Waals surface area contributed by atoms with Crippen LogP contribution in [0.15, 0.2) is 123 Å². The standard InChI is InChI=1S/C24H18Cl2F3N3O3S.C17H14BrCl2N3O2S.C7H6BF3O3/c25-17-12-18-23(22(26)21(17)16-3-1-2-4-19(16)35-24(27,28)29)31-20(30-18)11-13-5-9-15(10-6-13)36(33,34)32-14-7-8-14;18-15-12(19)8-13-17(16(15)20)22-14(21-13)7-9-1-5-11(6-2-9)26(24,25)23-10-3-4-10;9-7(10,11)14-6-4-2-1-3-5(6)8(12)13/h1-6,9-10,12,14,32H,7-8,11H2,(H,30,31);1-2,5-6,8,10,23H,3-4,7H2,(H,21,22);1-4,12-13H. The Morgan fingerprint density at radius 1 is 0.618 bits per heavy atom. The highest BCUT2D eigenvalue weighted by Crippen LogP contribution is 2.44. The molecule has 10 rings (SSSR count). The second-order valence-electron chi connectivity index (χ2n) is 17.1. The number of para-hydroxylation sites is 2. The molecule has 76 heavy (non-hydrogen) atoms. The zero-order chi connectivity index (χ0) is 54.9. The van der Waals surface area contributed by atoms with Crippen LogP contribution in [0.1, 0.15) is 48.5 Å². The van der Waals surface area contributed by atoms with E-state index in [9.17, 15) is 43.2 Å². The number of aromatic amines is 2. The normalized spacial score (nSPS) is 14.0. The Morgan fingerprint density at radius 3 is 1.50 bits per heavy atom. The molecule has 8 aromatic rings. The number of rotatable bonds is 14. The summed E-state index contributed by atoms with van der Waals surface area (Å²) in [6.07, 6.45) is -5.36. The van der Waals surface area contributed by atoms with Crippen molar-refractivity contribution in [2.75, 3.05) is 0 Å². The summed E-state index contributed by atoms with van der Waals surface area (Å²) in [4.78, 5) is 15.8. The van der Waals surface area contributed by atoms with Crippen molar-refractivity contribution in [3.8, 4) is 22.6 Å². The van der Waals surface area contributed by atoms with Crippen molar-refractivity contribution < 1.29 is 62.7 Å². The van der Waals surface area contributed by atoms with E-state index in [-0.39, 0.29) is 48.5 Å². The van der Waals surface area contributed by atoms with Crippen LogP contribution < -0.4 is 24.4 Å². The molecule has 0 amide bonds. The second kappa shape index (κ2) is 23.1. The van der Waals surface area contributed by atoms with E-state index in [1.54, 1.807) is 48.5 Å². The average Bonchev–Trinajstić information content (AvgIpc) is 4.27. The molecule has 2 aliphatic rings. The van der Waals surface area contributed by atoms with Crippen LogP contribution in [0, 0.1) is 0 Å². The van der Waals surface area contributed by atoms with Gasteiger partial charge in [-0.2, -0.15) is 0 Å². The fourth-order valence-corrected chi connectivity index (χ4v) is 11.5. The summed E-state index contributed by atoms with van der Waals surface area (Å²) < 4.78 is 137. The van der Waals surface area contributed by atoms with Gasteiger partial charge in [-0.05, 0) is 101 Å². The van der Waals surface area contributed by atoms with E-state index < -0.39 is 51.4 Å². The molecule has 6 N–H and O–H groups in total. The summed E-state index contributed by atoms with van der Waals surface area (Å²) in [6.45, 7) is 0. The lowest BCUT2D eigenvalue weighted by atomic mass is 9.80. The number of nitrogens with zero attached hydrogens (tertiary/aromatic N) is 2. The Morgan fingerprint density at radius 2 is 1.04 bits per heavy atom. The average molecular weight is 1240 g/mol. The summed E-state index contributed by atoms with van der Waals surface area (Å²) in [5.74, 6) is 0.194. The third-order valence-corrected chi connectivity index (χ3v) is 16.9. The van der Waals surface area contributed by atoms with Gasteiger partial charge in [0.15, 0.2) is 0 Å². The van der Waals surface area contributed by atoms with Crippen molar-refractivity contribution in [2.24, 2.45) is 0 Å². The minimum absolute atomic E-state index is 0.0127. The van der Waals surface area contributed by atoms with E-state index in [4.69, 9.17) is 56.5 Å². The Labute approximate surface area is 458 Å². The third kappa shape index (κ3) is 14.7. The Balaban J connectivity index is 0.000000167. The van der Waals surface area contributed by atoms with Gasteiger partial charge in [0.25, 0.3) is 0 Å². The summed E-state index contributed by atoms with van der Waals surface area (Å²) in [5, 5.41) is 18.6. The first-order valence-electron chi connectivity index (χ1n) is 22.4. The van der Waals surface area contributed by atoms with Gasteiger partial charge in [-0.15, -0.1) is 26.3 Å². The van der Waals surface area contributed by atoms with Gasteiger partial charge >= 0.3 is 19.8 Å². The Bertz CT molecular complexity index is 3650. The van der Waals surface area contributed by atoms with Crippen LogP contribution in [0.3, 0.4) is 0 Å². The van der Waals surface area contributed by atoms with Crippen molar-refractivity contribution in [3.05, 3.63) is 157 Å². The molecular weight excluding hydrogens is 1200 g/mol. The van der Waals surface area contributed by atoms with Gasteiger partial charge in [0.1, 0.15) is 34.2 Å². The molecule has 28 heteroatoms. The van der Waals surface area contributed by atoms with Gasteiger partial charge in [-0.3, -0.25) is 0 Å². The number of alkyl halides is 6. The number of hydrogen-bond acceptors (Lipinski definition) is 10. The molecule has 0 bridgehead atoms. The molecule has 14 nitrogen and oxygen atoms in total. The van der Waals surface area contributed by atoms with Crippen LogP contribution >= 0.6 is 62.3 Å². The van der Waals surface area contributed by atoms with Crippen molar-refractivity contribution in [1.29, 1.82) is 0 Å². The van der Waals surface area contributed by atoms with Gasteiger partial charge < -0.3 is 29.5 Å².